The Bertz CT molecular complexity index is 377. The number of nitrogens with zero attached hydrogens (tertiary/aromatic N) is 1. The minimum Gasteiger partial charge on any atom is -0.333 e. The first-order valence-electron chi connectivity index (χ1n) is 5.46. The number of amides is 1. The summed E-state index contributed by atoms with van der Waals surface area (Å²) in [7, 11) is 0. The van der Waals surface area contributed by atoms with Crippen LogP contribution in [0, 0.1) is 0 Å². The lowest BCUT2D eigenvalue weighted by Crippen LogP contribution is -2.52. The second kappa shape index (κ2) is 4.97. The van der Waals surface area contributed by atoms with Gasteiger partial charge in [-0.3, -0.25) is 4.79 Å². The molecule has 1 aliphatic rings. The predicted molar refractivity (Wildman–Crippen MR) is 67.5 cm³/mol. The Kier molecular flexibility index (Phi) is 3.61. The third-order valence-corrected chi connectivity index (χ3v) is 3.38. The number of rotatable bonds is 1. The Balaban J connectivity index is 2.14. The fourth-order valence-corrected chi connectivity index (χ4v) is 2.17. The normalized spacial score (nSPS) is 20.9. The number of hydrogen-bond donors (Lipinski definition) is 1. The Morgan fingerprint density at radius 1 is 1.44 bits per heavy atom. The van der Waals surface area contributed by atoms with Crippen LogP contribution in [0.3, 0.4) is 0 Å². The van der Waals surface area contributed by atoms with E-state index in [4.69, 9.17) is 0 Å². The van der Waals surface area contributed by atoms with E-state index in [9.17, 15) is 4.79 Å². The van der Waals surface area contributed by atoms with Crippen LogP contribution in [-0.4, -0.2) is 36.5 Å². The van der Waals surface area contributed by atoms with Gasteiger partial charge in [0.25, 0.3) is 5.91 Å². The van der Waals surface area contributed by atoms with Gasteiger partial charge >= 0.3 is 0 Å². The molecule has 1 aromatic carbocycles. The van der Waals surface area contributed by atoms with Gasteiger partial charge in [0.1, 0.15) is 0 Å². The van der Waals surface area contributed by atoms with Gasteiger partial charge in [-0.15, -0.1) is 0 Å². The third kappa shape index (κ3) is 2.44. The zero-order valence-electron chi connectivity index (χ0n) is 9.24. The summed E-state index contributed by atoms with van der Waals surface area (Å²) < 4.78 is 0.998. The molecule has 1 saturated heterocycles. The van der Waals surface area contributed by atoms with Crippen molar-refractivity contribution < 1.29 is 4.79 Å². The van der Waals surface area contributed by atoms with Crippen molar-refractivity contribution in [2.45, 2.75) is 13.0 Å². The van der Waals surface area contributed by atoms with Crippen LogP contribution in [0.2, 0.25) is 0 Å². The van der Waals surface area contributed by atoms with Crippen LogP contribution in [-0.2, 0) is 0 Å². The van der Waals surface area contributed by atoms with Gasteiger partial charge in [-0.1, -0.05) is 15.9 Å². The Labute approximate surface area is 104 Å². The zero-order chi connectivity index (χ0) is 11.5. The van der Waals surface area contributed by atoms with Crippen molar-refractivity contribution >= 4 is 21.8 Å². The maximum Gasteiger partial charge on any atom is 0.254 e. The summed E-state index contributed by atoms with van der Waals surface area (Å²) in [6.45, 7) is 4.62. The number of piperazine rings is 1. The number of carbonyl (C=O) groups excluding carboxylic acids is 1. The molecule has 3 nitrogen and oxygen atoms in total. The van der Waals surface area contributed by atoms with Gasteiger partial charge in [0.2, 0.25) is 0 Å². The molecule has 1 aliphatic heterocycles. The van der Waals surface area contributed by atoms with E-state index in [1.165, 1.54) is 0 Å². The second-order valence-electron chi connectivity index (χ2n) is 4.06. The van der Waals surface area contributed by atoms with Crippen molar-refractivity contribution in [2.24, 2.45) is 0 Å². The van der Waals surface area contributed by atoms with Crippen molar-refractivity contribution in [1.82, 2.24) is 10.2 Å². The van der Waals surface area contributed by atoms with Gasteiger partial charge in [-0.05, 0) is 31.2 Å². The molecule has 0 spiro atoms. The molecular weight excluding hydrogens is 268 g/mol. The molecule has 1 fully saturated rings. The molecule has 1 atom stereocenters. The summed E-state index contributed by atoms with van der Waals surface area (Å²) in [6.07, 6.45) is 0. The molecule has 4 heteroatoms. The number of halogens is 1. The van der Waals surface area contributed by atoms with Crippen LogP contribution in [0.25, 0.3) is 0 Å². The maximum absolute atomic E-state index is 12.2. The number of benzene rings is 1. The minimum atomic E-state index is 0.126. The molecule has 0 saturated carbocycles. The highest BCUT2D eigenvalue weighted by Gasteiger charge is 2.23. The van der Waals surface area contributed by atoms with Crippen molar-refractivity contribution in [3.8, 4) is 0 Å². The van der Waals surface area contributed by atoms with Gasteiger partial charge in [-0.25, -0.2) is 0 Å². The SMILES string of the molecule is C[C@H]1CNCCN1C(=O)c1ccc(Br)cc1. The molecule has 0 aromatic heterocycles. The molecule has 1 heterocycles. The predicted octanol–water partition coefficient (Wildman–Crippen LogP) is 1.88. The lowest BCUT2D eigenvalue weighted by molar-refractivity contribution is 0.0656. The summed E-state index contributed by atoms with van der Waals surface area (Å²) in [5.74, 6) is 0.126. The van der Waals surface area contributed by atoms with E-state index in [1.54, 1.807) is 0 Å². The van der Waals surface area contributed by atoms with E-state index in [2.05, 4.69) is 28.2 Å². The first-order chi connectivity index (χ1) is 7.68. The fourth-order valence-electron chi connectivity index (χ4n) is 1.90. The highest BCUT2D eigenvalue weighted by Crippen LogP contribution is 2.14. The summed E-state index contributed by atoms with van der Waals surface area (Å²) in [5, 5.41) is 3.28. The smallest absolute Gasteiger partial charge is 0.254 e. The zero-order valence-corrected chi connectivity index (χ0v) is 10.8. The molecule has 0 bridgehead atoms. The summed E-state index contributed by atoms with van der Waals surface area (Å²) >= 11 is 3.37. The topological polar surface area (TPSA) is 32.3 Å². The summed E-state index contributed by atoms with van der Waals surface area (Å²) in [4.78, 5) is 14.1. The minimum absolute atomic E-state index is 0.126. The van der Waals surface area contributed by atoms with Crippen molar-refractivity contribution in [3.05, 3.63) is 34.3 Å². The van der Waals surface area contributed by atoms with E-state index < -0.39 is 0 Å². The first kappa shape index (κ1) is 11.6. The highest BCUT2D eigenvalue weighted by atomic mass is 79.9. The van der Waals surface area contributed by atoms with E-state index in [0.717, 1.165) is 29.7 Å². The average Bonchev–Trinajstić information content (AvgIpc) is 2.30. The van der Waals surface area contributed by atoms with Crippen molar-refractivity contribution in [3.63, 3.8) is 0 Å². The quantitative estimate of drug-likeness (QED) is 0.853. The Hall–Kier alpha value is -0.870. The van der Waals surface area contributed by atoms with Crippen LogP contribution in [0.5, 0.6) is 0 Å². The van der Waals surface area contributed by atoms with Gasteiger partial charge in [0.05, 0.1) is 0 Å². The highest BCUT2D eigenvalue weighted by molar-refractivity contribution is 9.10. The monoisotopic (exact) mass is 282 g/mol. The average molecular weight is 283 g/mol. The van der Waals surface area contributed by atoms with Crippen molar-refractivity contribution in [2.75, 3.05) is 19.6 Å². The van der Waals surface area contributed by atoms with Gasteiger partial charge < -0.3 is 10.2 Å². The van der Waals surface area contributed by atoms with E-state index in [-0.39, 0.29) is 11.9 Å². The molecule has 86 valence electrons. The third-order valence-electron chi connectivity index (χ3n) is 2.85. The Morgan fingerprint density at radius 3 is 2.75 bits per heavy atom. The standard InChI is InChI=1S/C12H15BrN2O/c1-9-8-14-6-7-15(9)12(16)10-2-4-11(13)5-3-10/h2-5,9,14H,6-8H2,1H3/t9-/m0/s1. The molecule has 0 radical (unpaired) electrons. The number of hydrogen-bond acceptors (Lipinski definition) is 2. The van der Waals surface area contributed by atoms with Crippen LogP contribution < -0.4 is 5.32 Å². The van der Waals surface area contributed by atoms with E-state index in [0.29, 0.717) is 0 Å². The number of nitrogens with one attached hydrogen (secondary N) is 1. The fraction of sp³-hybridized carbons (Fsp3) is 0.417. The molecule has 0 aliphatic carbocycles. The molecular formula is C12H15BrN2O. The molecule has 1 aromatic rings. The van der Waals surface area contributed by atoms with Gasteiger partial charge in [-0.2, -0.15) is 0 Å². The van der Waals surface area contributed by atoms with E-state index >= 15 is 0 Å². The van der Waals surface area contributed by atoms with Crippen LogP contribution in [0.15, 0.2) is 28.7 Å². The molecule has 1 amide bonds. The van der Waals surface area contributed by atoms with Gasteiger partial charge in [0, 0.05) is 35.7 Å². The maximum atomic E-state index is 12.2. The van der Waals surface area contributed by atoms with E-state index in [1.807, 2.05) is 29.2 Å². The lowest BCUT2D eigenvalue weighted by atomic mass is 10.1. The summed E-state index contributed by atoms with van der Waals surface area (Å²) in [5.41, 5.74) is 0.761. The first-order valence-corrected chi connectivity index (χ1v) is 6.25. The molecule has 0 unspecified atom stereocenters. The molecule has 2 rings (SSSR count). The van der Waals surface area contributed by atoms with Crippen molar-refractivity contribution in [1.29, 1.82) is 0 Å². The lowest BCUT2D eigenvalue weighted by Gasteiger charge is -2.34. The molecule has 16 heavy (non-hydrogen) atoms. The van der Waals surface area contributed by atoms with Crippen LogP contribution in [0.1, 0.15) is 17.3 Å². The summed E-state index contributed by atoms with van der Waals surface area (Å²) in [6, 6.07) is 7.80. The molecule has 1 N–H and O–H groups in total. The van der Waals surface area contributed by atoms with Gasteiger partial charge in [0.15, 0.2) is 0 Å². The van der Waals surface area contributed by atoms with Crippen LogP contribution in [0.4, 0.5) is 0 Å². The van der Waals surface area contributed by atoms with Crippen LogP contribution >= 0.6 is 15.9 Å². The second-order valence-corrected chi connectivity index (χ2v) is 4.97. The number of carbonyl (C=O) groups is 1. The Morgan fingerprint density at radius 2 is 2.12 bits per heavy atom. The largest absolute Gasteiger partial charge is 0.333 e.